The number of ether oxygens (including phenoxy) is 1. The third-order valence-electron chi connectivity index (χ3n) is 4.96. The monoisotopic (exact) mass is 343 g/mol. The van der Waals surface area contributed by atoms with Gasteiger partial charge in [-0.15, -0.1) is 0 Å². The van der Waals surface area contributed by atoms with E-state index in [0.29, 0.717) is 18.2 Å². The number of hydrogen-bond acceptors (Lipinski definition) is 7. The topological polar surface area (TPSA) is 91.1 Å². The molecule has 7 heteroatoms. The predicted molar refractivity (Wildman–Crippen MR) is 93.0 cm³/mol. The van der Waals surface area contributed by atoms with Crippen molar-refractivity contribution in [2.24, 2.45) is 5.92 Å². The second-order valence-corrected chi connectivity index (χ2v) is 6.73. The van der Waals surface area contributed by atoms with E-state index in [-0.39, 0.29) is 0 Å². The van der Waals surface area contributed by atoms with E-state index in [4.69, 9.17) is 4.74 Å². The van der Waals surface area contributed by atoms with Gasteiger partial charge in [-0.2, -0.15) is 5.26 Å². The zero-order valence-corrected chi connectivity index (χ0v) is 14.5. The highest BCUT2D eigenvalue weighted by molar-refractivity contribution is 5.81. The van der Waals surface area contributed by atoms with Gasteiger partial charge in [-0.1, -0.05) is 19.3 Å². The molecular formula is C18H25N5O2. The standard InChI is InChI=1S/C18H25N5O2/c19-11-15(18(24)25-12-14-4-2-1-3-5-14)16-10-17(22-13-21-16)23-8-6-20-7-9-23/h10,13-15,20H,1-9,12H2. The van der Waals surface area contributed by atoms with Crippen molar-refractivity contribution < 1.29 is 9.53 Å². The maximum absolute atomic E-state index is 12.4. The molecule has 0 bridgehead atoms. The van der Waals surface area contributed by atoms with Crippen LogP contribution in [0.15, 0.2) is 12.4 Å². The Morgan fingerprint density at radius 1 is 1.32 bits per heavy atom. The van der Waals surface area contributed by atoms with Crippen molar-refractivity contribution in [3.8, 4) is 6.07 Å². The molecule has 1 saturated carbocycles. The molecule has 1 unspecified atom stereocenters. The maximum atomic E-state index is 12.4. The number of carbonyl (C=O) groups is 1. The van der Waals surface area contributed by atoms with E-state index in [2.05, 4.69) is 20.2 Å². The van der Waals surface area contributed by atoms with Crippen LogP contribution in [0.2, 0.25) is 0 Å². The van der Waals surface area contributed by atoms with Crippen molar-refractivity contribution in [3.63, 3.8) is 0 Å². The van der Waals surface area contributed by atoms with E-state index in [1.165, 1.54) is 25.6 Å². The molecular weight excluding hydrogens is 318 g/mol. The SMILES string of the molecule is N#CC(C(=O)OCC1CCCCC1)c1cc(N2CCNCC2)ncn1. The van der Waals surface area contributed by atoms with E-state index < -0.39 is 11.9 Å². The first-order valence-corrected chi connectivity index (χ1v) is 9.12. The minimum atomic E-state index is -0.992. The molecule has 1 aliphatic heterocycles. The van der Waals surface area contributed by atoms with E-state index in [0.717, 1.165) is 44.8 Å². The molecule has 3 rings (SSSR count). The molecule has 1 aliphatic carbocycles. The summed E-state index contributed by atoms with van der Waals surface area (Å²) >= 11 is 0. The van der Waals surface area contributed by atoms with Gasteiger partial charge in [-0.05, 0) is 18.8 Å². The Bertz CT molecular complexity index is 618. The van der Waals surface area contributed by atoms with Gasteiger partial charge >= 0.3 is 5.97 Å². The van der Waals surface area contributed by atoms with Crippen LogP contribution >= 0.6 is 0 Å². The molecule has 0 spiro atoms. The molecule has 2 heterocycles. The van der Waals surface area contributed by atoms with Crippen molar-refractivity contribution in [1.29, 1.82) is 5.26 Å². The minimum Gasteiger partial charge on any atom is -0.464 e. The molecule has 7 nitrogen and oxygen atoms in total. The molecule has 0 radical (unpaired) electrons. The fraction of sp³-hybridized carbons (Fsp3) is 0.667. The second-order valence-electron chi connectivity index (χ2n) is 6.73. The average Bonchev–Trinajstić information content (AvgIpc) is 2.69. The van der Waals surface area contributed by atoms with Gasteiger partial charge in [0.2, 0.25) is 0 Å². The van der Waals surface area contributed by atoms with Crippen LogP contribution in [-0.2, 0) is 9.53 Å². The lowest BCUT2D eigenvalue weighted by Crippen LogP contribution is -2.44. The quantitative estimate of drug-likeness (QED) is 0.812. The average molecular weight is 343 g/mol. The molecule has 1 saturated heterocycles. The fourth-order valence-corrected chi connectivity index (χ4v) is 3.46. The van der Waals surface area contributed by atoms with Crippen molar-refractivity contribution in [1.82, 2.24) is 15.3 Å². The number of esters is 1. The van der Waals surface area contributed by atoms with Crippen molar-refractivity contribution in [2.45, 2.75) is 38.0 Å². The Labute approximate surface area is 148 Å². The number of anilines is 1. The molecule has 1 aromatic heterocycles. The number of carbonyl (C=O) groups excluding carboxylic acids is 1. The van der Waals surface area contributed by atoms with Gasteiger partial charge in [-0.25, -0.2) is 9.97 Å². The summed E-state index contributed by atoms with van der Waals surface area (Å²) in [7, 11) is 0. The Kier molecular flexibility index (Phi) is 6.18. The van der Waals surface area contributed by atoms with Gasteiger partial charge in [0.25, 0.3) is 0 Å². The summed E-state index contributed by atoms with van der Waals surface area (Å²) in [5.41, 5.74) is 0.416. The number of rotatable bonds is 5. The van der Waals surface area contributed by atoms with Crippen LogP contribution in [0.5, 0.6) is 0 Å². The number of nitrogens with zero attached hydrogens (tertiary/aromatic N) is 4. The summed E-state index contributed by atoms with van der Waals surface area (Å²) in [5.74, 6) is -0.308. The molecule has 1 aromatic rings. The molecule has 25 heavy (non-hydrogen) atoms. The zero-order chi connectivity index (χ0) is 17.5. The maximum Gasteiger partial charge on any atom is 0.329 e. The largest absolute Gasteiger partial charge is 0.464 e. The van der Waals surface area contributed by atoms with E-state index in [1.54, 1.807) is 6.07 Å². The van der Waals surface area contributed by atoms with Crippen LogP contribution in [0.3, 0.4) is 0 Å². The number of aromatic nitrogens is 2. The summed E-state index contributed by atoms with van der Waals surface area (Å²) < 4.78 is 5.43. The number of nitrogens with one attached hydrogen (secondary N) is 1. The third-order valence-corrected chi connectivity index (χ3v) is 4.96. The van der Waals surface area contributed by atoms with E-state index in [9.17, 15) is 10.1 Å². The van der Waals surface area contributed by atoms with Crippen LogP contribution in [0.1, 0.15) is 43.7 Å². The van der Waals surface area contributed by atoms with E-state index in [1.807, 2.05) is 6.07 Å². The second kappa shape index (κ2) is 8.77. The van der Waals surface area contributed by atoms with Crippen LogP contribution in [-0.4, -0.2) is 48.7 Å². The lowest BCUT2D eigenvalue weighted by Gasteiger charge is -2.28. The van der Waals surface area contributed by atoms with Crippen molar-refractivity contribution in [2.75, 3.05) is 37.7 Å². The summed E-state index contributed by atoms with van der Waals surface area (Å²) in [6.07, 6.45) is 7.29. The zero-order valence-electron chi connectivity index (χ0n) is 14.5. The van der Waals surface area contributed by atoms with Gasteiger partial charge in [0.1, 0.15) is 12.1 Å². The van der Waals surface area contributed by atoms with Gasteiger partial charge in [0.05, 0.1) is 18.4 Å². The highest BCUT2D eigenvalue weighted by atomic mass is 16.5. The number of piperazine rings is 1. The molecule has 1 N–H and O–H groups in total. The molecule has 1 atom stereocenters. The first kappa shape index (κ1) is 17.6. The minimum absolute atomic E-state index is 0.409. The molecule has 2 aliphatic rings. The van der Waals surface area contributed by atoms with E-state index >= 15 is 0 Å². The van der Waals surface area contributed by atoms with Crippen molar-refractivity contribution in [3.05, 3.63) is 18.1 Å². The highest BCUT2D eigenvalue weighted by Gasteiger charge is 2.26. The molecule has 0 aromatic carbocycles. The molecule has 2 fully saturated rings. The summed E-state index contributed by atoms with van der Waals surface area (Å²) in [5, 5.41) is 12.7. The van der Waals surface area contributed by atoms with Gasteiger partial charge in [0, 0.05) is 32.2 Å². The van der Waals surface area contributed by atoms with Gasteiger partial charge in [-0.3, -0.25) is 4.79 Å². The van der Waals surface area contributed by atoms with Gasteiger partial charge in [0.15, 0.2) is 5.92 Å². The summed E-state index contributed by atoms with van der Waals surface area (Å²) in [4.78, 5) is 22.9. The first-order valence-electron chi connectivity index (χ1n) is 9.12. The highest BCUT2D eigenvalue weighted by Crippen LogP contribution is 2.25. The normalized spacial score (nSPS) is 19.9. The Balaban J connectivity index is 1.63. The van der Waals surface area contributed by atoms with Crippen molar-refractivity contribution >= 4 is 11.8 Å². The lowest BCUT2D eigenvalue weighted by atomic mass is 9.90. The first-order chi connectivity index (χ1) is 12.3. The molecule has 0 amide bonds. The Morgan fingerprint density at radius 2 is 2.08 bits per heavy atom. The number of nitriles is 1. The smallest absolute Gasteiger partial charge is 0.329 e. The molecule has 134 valence electrons. The predicted octanol–water partition coefficient (Wildman–Crippen LogP) is 1.62. The lowest BCUT2D eigenvalue weighted by molar-refractivity contribution is -0.145. The summed E-state index contributed by atoms with van der Waals surface area (Å²) in [6, 6.07) is 3.78. The Hall–Kier alpha value is -2.20. The summed E-state index contributed by atoms with van der Waals surface area (Å²) in [6.45, 7) is 3.89. The Morgan fingerprint density at radius 3 is 2.80 bits per heavy atom. The van der Waals surface area contributed by atoms with Gasteiger partial charge < -0.3 is 15.0 Å². The van der Waals surface area contributed by atoms with Crippen LogP contribution in [0, 0.1) is 17.2 Å². The number of hydrogen-bond donors (Lipinski definition) is 1. The van der Waals surface area contributed by atoms with Crippen LogP contribution in [0.4, 0.5) is 5.82 Å². The third kappa shape index (κ3) is 4.67. The fourth-order valence-electron chi connectivity index (χ4n) is 3.46. The van der Waals surface area contributed by atoms with Crippen LogP contribution < -0.4 is 10.2 Å². The van der Waals surface area contributed by atoms with Crippen LogP contribution in [0.25, 0.3) is 0 Å².